The Hall–Kier alpha value is 0.177. The fraction of sp³-hybridized carbons (Fsp3) is 1.00. The van der Waals surface area contributed by atoms with Gasteiger partial charge in [-0.25, -0.2) is 0 Å². The summed E-state index contributed by atoms with van der Waals surface area (Å²) in [6.45, 7) is 7.56. The fourth-order valence-corrected chi connectivity index (χ4v) is 12.5. The van der Waals surface area contributed by atoms with Gasteiger partial charge < -0.3 is 4.74 Å². The number of fused-ring (bicyclic) bond motifs is 1. The Morgan fingerprint density at radius 1 is 1.05 bits per heavy atom. The van der Waals surface area contributed by atoms with E-state index in [1.807, 2.05) is 0 Å². The third kappa shape index (κ3) is 2.87. The van der Waals surface area contributed by atoms with Crippen LogP contribution in [0, 0.1) is 5.92 Å². The van der Waals surface area contributed by atoms with Gasteiger partial charge in [0.15, 0.2) is 0 Å². The lowest BCUT2D eigenvalue weighted by Gasteiger charge is -2.53. The predicted molar refractivity (Wildman–Crippen MR) is 93.6 cm³/mol. The van der Waals surface area contributed by atoms with E-state index >= 15 is 0 Å². The standard InChI is InChI=1S/C19H36OSi/c1-4-19(12-7-8-14-21(19,5-2)6-3)13-11-16-9-10-17-18(15-16)20-17/h16-18H,4-15H2,1-3H3. The zero-order valence-corrected chi connectivity index (χ0v) is 15.6. The van der Waals surface area contributed by atoms with Crippen molar-refractivity contribution in [2.24, 2.45) is 5.92 Å². The lowest BCUT2D eigenvalue weighted by molar-refractivity contribution is 0.304. The summed E-state index contributed by atoms with van der Waals surface area (Å²) in [4.78, 5) is 0. The maximum Gasteiger partial charge on any atom is 0.0844 e. The Morgan fingerprint density at radius 3 is 2.52 bits per heavy atom. The zero-order chi connectivity index (χ0) is 14.9. The summed E-state index contributed by atoms with van der Waals surface area (Å²) >= 11 is 0. The third-order valence-electron chi connectivity index (χ3n) is 7.86. The molecule has 122 valence electrons. The SMILES string of the molecule is CCC1(CCC2CCC3OC3C2)CCCC[Si]1(CC)CC. The van der Waals surface area contributed by atoms with E-state index in [1.165, 1.54) is 57.0 Å². The molecule has 4 unspecified atom stereocenters. The molecule has 4 atom stereocenters. The first-order valence-corrected chi connectivity index (χ1v) is 12.5. The van der Waals surface area contributed by atoms with Crippen LogP contribution in [0.25, 0.3) is 0 Å². The van der Waals surface area contributed by atoms with Crippen molar-refractivity contribution in [2.45, 2.75) is 114 Å². The summed E-state index contributed by atoms with van der Waals surface area (Å²) < 4.78 is 5.74. The molecule has 3 aliphatic rings. The van der Waals surface area contributed by atoms with Gasteiger partial charge in [-0.2, -0.15) is 0 Å². The largest absolute Gasteiger partial charge is 0.370 e. The minimum Gasteiger partial charge on any atom is -0.370 e. The second-order valence-electron chi connectivity index (χ2n) is 8.26. The maximum atomic E-state index is 5.74. The Kier molecular flexibility index (Phi) is 4.85. The molecule has 2 aliphatic heterocycles. The maximum absolute atomic E-state index is 5.74. The molecule has 0 aromatic rings. The highest BCUT2D eigenvalue weighted by molar-refractivity contribution is 6.82. The summed E-state index contributed by atoms with van der Waals surface area (Å²) in [6, 6.07) is 4.71. The van der Waals surface area contributed by atoms with Crippen molar-refractivity contribution < 1.29 is 4.74 Å². The second-order valence-corrected chi connectivity index (χ2v) is 13.8. The van der Waals surface area contributed by atoms with Gasteiger partial charge in [0.25, 0.3) is 0 Å². The molecule has 1 aliphatic carbocycles. The van der Waals surface area contributed by atoms with Crippen LogP contribution in [0.1, 0.15) is 78.6 Å². The first-order valence-electron chi connectivity index (χ1n) is 9.84. The molecule has 0 N–H and O–H groups in total. The fourth-order valence-electron chi connectivity index (χ4n) is 6.16. The van der Waals surface area contributed by atoms with Gasteiger partial charge in [-0.3, -0.25) is 0 Å². The van der Waals surface area contributed by atoms with Gasteiger partial charge in [0.2, 0.25) is 0 Å². The van der Waals surface area contributed by atoms with Crippen LogP contribution < -0.4 is 0 Å². The molecular weight excluding hydrogens is 272 g/mol. The molecule has 0 aromatic carbocycles. The first-order chi connectivity index (χ1) is 10.2. The molecule has 0 aromatic heterocycles. The van der Waals surface area contributed by atoms with Crippen molar-refractivity contribution in [1.82, 2.24) is 0 Å². The van der Waals surface area contributed by atoms with Crippen LogP contribution in [-0.2, 0) is 4.74 Å². The highest BCUT2D eigenvalue weighted by Crippen LogP contribution is 2.59. The highest BCUT2D eigenvalue weighted by Gasteiger charge is 2.51. The van der Waals surface area contributed by atoms with Crippen LogP contribution in [0.2, 0.25) is 23.2 Å². The van der Waals surface area contributed by atoms with Gasteiger partial charge in [0, 0.05) is 0 Å². The lowest BCUT2D eigenvalue weighted by Crippen LogP contribution is -2.49. The van der Waals surface area contributed by atoms with Crippen LogP contribution in [0.3, 0.4) is 0 Å². The summed E-state index contributed by atoms with van der Waals surface area (Å²) in [6.07, 6.45) is 14.7. The molecule has 2 heterocycles. The topological polar surface area (TPSA) is 12.5 Å². The Morgan fingerprint density at radius 2 is 1.86 bits per heavy atom. The number of rotatable bonds is 6. The van der Waals surface area contributed by atoms with Gasteiger partial charge in [-0.15, -0.1) is 0 Å². The van der Waals surface area contributed by atoms with Crippen molar-refractivity contribution in [3.63, 3.8) is 0 Å². The average molecular weight is 309 g/mol. The van der Waals surface area contributed by atoms with E-state index in [9.17, 15) is 0 Å². The van der Waals surface area contributed by atoms with E-state index in [2.05, 4.69) is 20.8 Å². The third-order valence-corrected chi connectivity index (χ3v) is 15.0. The molecule has 2 heteroatoms. The van der Waals surface area contributed by atoms with Gasteiger partial charge in [0.05, 0.1) is 20.3 Å². The van der Waals surface area contributed by atoms with Gasteiger partial charge in [-0.1, -0.05) is 64.6 Å². The van der Waals surface area contributed by atoms with Crippen molar-refractivity contribution in [2.75, 3.05) is 0 Å². The van der Waals surface area contributed by atoms with Crippen molar-refractivity contribution in [3.8, 4) is 0 Å². The molecule has 0 amide bonds. The summed E-state index contributed by atoms with van der Waals surface area (Å²) in [5, 5.41) is 0.788. The minimum atomic E-state index is -1.03. The summed E-state index contributed by atoms with van der Waals surface area (Å²) in [5.41, 5.74) is 0. The van der Waals surface area contributed by atoms with Gasteiger partial charge in [0.1, 0.15) is 0 Å². The molecule has 1 saturated carbocycles. The molecule has 3 fully saturated rings. The number of hydrogen-bond donors (Lipinski definition) is 0. The molecular formula is C19H36OSi. The highest BCUT2D eigenvalue weighted by atomic mass is 28.3. The zero-order valence-electron chi connectivity index (χ0n) is 14.6. The van der Waals surface area contributed by atoms with E-state index in [0.717, 1.165) is 11.0 Å². The molecule has 0 radical (unpaired) electrons. The minimum absolute atomic E-state index is 0.673. The van der Waals surface area contributed by atoms with E-state index in [-0.39, 0.29) is 0 Å². The van der Waals surface area contributed by atoms with Crippen molar-refractivity contribution in [3.05, 3.63) is 0 Å². The van der Waals surface area contributed by atoms with Crippen LogP contribution >= 0.6 is 0 Å². The number of hydrogen-bond acceptors (Lipinski definition) is 1. The smallest absolute Gasteiger partial charge is 0.0844 e. The van der Waals surface area contributed by atoms with Crippen LogP contribution in [-0.4, -0.2) is 20.3 Å². The molecule has 1 nitrogen and oxygen atoms in total. The number of epoxide rings is 1. The van der Waals surface area contributed by atoms with Gasteiger partial charge in [-0.05, 0) is 43.1 Å². The second kappa shape index (κ2) is 6.35. The summed E-state index contributed by atoms with van der Waals surface area (Å²) in [5.74, 6) is 0.986. The Balaban J connectivity index is 1.65. The van der Waals surface area contributed by atoms with E-state index < -0.39 is 8.07 Å². The van der Waals surface area contributed by atoms with Crippen LogP contribution in [0.15, 0.2) is 0 Å². The molecule has 0 spiro atoms. The predicted octanol–water partition coefficient (Wildman–Crippen LogP) is 6.16. The molecule has 2 saturated heterocycles. The van der Waals surface area contributed by atoms with Crippen molar-refractivity contribution in [1.29, 1.82) is 0 Å². The van der Waals surface area contributed by atoms with Crippen LogP contribution in [0.5, 0.6) is 0 Å². The normalized spacial score (nSPS) is 41.6. The van der Waals surface area contributed by atoms with Crippen molar-refractivity contribution >= 4 is 8.07 Å². The molecule has 0 bridgehead atoms. The van der Waals surface area contributed by atoms with Gasteiger partial charge >= 0.3 is 0 Å². The number of ether oxygens (including phenoxy) is 1. The first kappa shape index (κ1) is 16.0. The quantitative estimate of drug-likeness (QED) is 0.423. The average Bonchev–Trinajstić information content (AvgIpc) is 3.31. The van der Waals surface area contributed by atoms with E-state index in [0.29, 0.717) is 12.2 Å². The molecule has 3 rings (SSSR count). The summed E-state index contributed by atoms with van der Waals surface area (Å²) in [7, 11) is -1.03. The lowest BCUT2D eigenvalue weighted by atomic mass is 9.82. The Labute approximate surface area is 133 Å². The Bertz CT molecular complexity index is 351. The molecule has 21 heavy (non-hydrogen) atoms. The van der Waals surface area contributed by atoms with E-state index in [1.54, 1.807) is 18.9 Å². The van der Waals surface area contributed by atoms with E-state index in [4.69, 9.17) is 4.74 Å². The monoisotopic (exact) mass is 308 g/mol. The van der Waals surface area contributed by atoms with Crippen LogP contribution in [0.4, 0.5) is 0 Å².